The number of amides is 1. The van der Waals surface area contributed by atoms with Crippen molar-refractivity contribution in [1.82, 2.24) is 10.2 Å². The van der Waals surface area contributed by atoms with Crippen LogP contribution in [-0.4, -0.2) is 50.1 Å². The molecular weight excluding hydrogens is 356 g/mol. The molecule has 0 aliphatic carbocycles. The Morgan fingerprint density at radius 3 is 2.61 bits per heavy atom. The van der Waals surface area contributed by atoms with Crippen molar-refractivity contribution in [3.63, 3.8) is 0 Å². The SMILES string of the molecule is COc1ccccc1C(CNC(=O)C1(C)Cc2ccccc2C(=O)O1)N(C)C. The predicted octanol–water partition coefficient (Wildman–Crippen LogP) is 2.59. The Hall–Kier alpha value is -2.86. The van der Waals surface area contributed by atoms with E-state index in [0.717, 1.165) is 16.9 Å². The lowest BCUT2D eigenvalue weighted by atomic mass is 9.89. The molecule has 1 aliphatic rings. The van der Waals surface area contributed by atoms with E-state index in [9.17, 15) is 9.59 Å². The predicted molar refractivity (Wildman–Crippen MR) is 106 cm³/mol. The minimum absolute atomic E-state index is 0.0877. The van der Waals surface area contributed by atoms with E-state index < -0.39 is 11.6 Å². The molecule has 148 valence electrons. The Labute approximate surface area is 165 Å². The van der Waals surface area contributed by atoms with Crippen molar-refractivity contribution in [3.8, 4) is 5.75 Å². The van der Waals surface area contributed by atoms with E-state index in [-0.39, 0.29) is 11.9 Å². The lowest BCUT2D eigenvalue weighted by Gasteiger charge is -2.34. The number of ether oxygens (including phenoxy) is 2. The number of para-hydroxylation sites is 1. The van der Waals surface area contributed by atoms with Crippen molar-refractivity contribution in [2.75, 3.05) is 27.7 Å². The Morgan fingerprint density at radius 2 is 1.89 bits per heavy atom. The van der Waals surface area contributed by atoms with Gasteiger partial charge in [0.1, 0.15) is 5.75 Å². The van der Waals surface area contributed by atoms with Crippen LogP contribution in [0.15, 0.2) is 48.5 Å². The number of methoxy groups -OCH3 is 1. The molecule has 2 unspecified atom stereocenters. The van der Waals surface area contributed by atoms with Crippen LogP contribution in [0.4, 0.5) is 0 Å². The molecule has 1 aliphatic heterocycles. The summed E-state index contributed by atoms with van der Waals surface area (Å²) < 4.78 is 11.0. The molecule has 0 aromatic heterocycles. The molecule has 6 heteroatoms. The van der Waals surface area contributed by atoms with Crippen LogP contribution >= 0.6 is 0 Å². The van der Waals surface area contributed by atoms with Gasteiger partial charge in [-0.2, -0.15) is 0 Å². The topological polar surface area (TPSA) is 67.9 Å². The number of esters is 1. The minimum Gasteiger partial charge on any atom is -0.496 e. The smallest absolute Gasteiger partial charge is 0.339 e. The molecule has 2 atom stereocenters. The van der Waals surface area contributed by atoms with Crippen LogP contribution < -0.4 is 10.1 Å². The largest absolute Gasteiger partial charge is 0.496 e. The van der Waals surface area contributed by atoms with Gasteiger partial charge in [-0.1, -0.05) is 36.4 Å². The summed E-state index contributed by atoms with van der Waals surface area (Å²) in [5.74, 6) is -0.00910. The molecule has 0 saturated carbocycles. The monoisotopic (exact) mass is 382 g/mol. The van der Waals surface area contributed by atoms with Crippen molar-refractivity contribution in [3.05, 3.63) is 65.2 Å². The number of carbonyl (C=O) groups is 2. The van der Waals surface area contributed by atoms with Crippen LogP contribution in [-0.2, 0) is 16.0 Å². The zero-order valence-corrected chi connectivity index (χ0v) is 16.7. The molecule has 6 nitrogen and oxygen atoms in total. The van der Waals surface area contributed by atoms with Crippen molar-refractivity contribution in [1.29, 1.82) is 0 Å². The summed E-state index contributed by atoms with van der Waals surface area (Å²) in [5.41, 5.74) is 1.09. The molecule has 0 spiro atoms. The number of cyclic esters (lactones) is 1. The third-order valence-electron chi connectivity index (χ3n) is 5.14. The van der Waals surface area contributed by atoms with Gasteiger partial charge >= 0.3 is 5.97 Å². The van der Waals surface area contributed by atoms with Gasteiger partial charge in [-0.3, -0.25) is 4.79 Å². The van der Waals surface area contributed by atoms with Crippen molar-refractivity contribution in [2.24, 2.45) is 0 Å². The number of fused-ring (bicyclic) bond motifs is 1. The van der Waals surface area contributed by atoms with Crippen LogP contribution in [0.5, 0.6) is 5.75 Å². The fourth-order valence-corrected chi connectivity index (χ4v) is 3.55. The van der Waals surface area contributed by atoms with Crippen LogP contribution in [0.3, 0.4) is 0 Å². The number of nitrogens with zero attached hydrogens (tertiary/aromatic N) is 1. The summed E-state index contributed by atoms with van der Waals surface area (Å²) in [6, 6.07) is 14.9. The Bertz CT molecular complexity index is 880. The van der Waals surface area contributed by atoms with Gasteiger partial charge in [-0.05, 0) is 38.7 Å². The standard InChI is InChI=1S/C22H26N2O4/c1-22(13-15-9-5-6-10-16(15)20(25)28-22)21(26)23-14-18(24(2)3)17-11-7-8-12-19(17)27-4/h5-12,18H,13-14H2,1-4H3,(H,23,26). The van der Waals surface area contributed by atoms with Gasteiger partial charge in [0.05, 0.1) is 18.7 Å². The highest BCUT2D eigenvalue weighted by Crippen LogP contribution is 2.30. The van der Waals surface area contributed by atoms with E-state index in [1.165, 1.54) is 0 Å². The number of carbonyl (C=O) groups excluding carboxylic acids is 2. The van der Waals surface area contributed by atoms with E-state index in [4.69, 9.17) is 9.47 Å². The first-order valence-electron chi connectivity index (χ1n) is 9.24. The normalized spacial score (nSPS) is 19.5. The van der Waals surface area contributed by atoms with E-state index >= 15 is 0 Å². The van der Waals surface area contributed by atoms with E-state index in [0.29, 0.717) is 18.5 Å². The minimum atomic E-state index is -1.23. The van der Waals surface area contributed by atoms with Crippen molar-refractivity contribution < 1.29 is 19.1 Å². The summed E-state index contributed by atoms with van der Waals surface area (Å²) in [4.78, 5) is 27.3. The number of hydrogen-bond acceptors (Lipinski definition) is 5. The number of likely N-dealkylation sites (N-methyl/N-ethyl adjacent to an activating group) is 1. The molecule has 0 radical (unpaired) electrons. The highest BCUT2D eigenvalue weighted by Gasteiger charge is 2.42. The first kappa shape index (κ1) is 19.9. The number of nitrogens with one attached hydrogen (secondary N) is 1. The van der Waals surface area contributed by atoms with E-state index in [2.05, 4.69) is 5.32 Å². The van der Waals surface area contributed by atoms with Crippen molar-refractivity contribution >= 4 is 11.9 Å². The van der Waals surface area contributed by atoms with Gasteiger partial charge in [0.15, 0.2) is 5.60 Å². The third-order valence-corrected chi connectivity index (χ3v) is 5.14. The van der Waals surface area contributed by atoms with Gasteiger partial charge < -0.3 is 19.7 Å². The van der Waals surface area contributed by atoms with Crippen LogP contribution in [0.2, 0.25) is 0 Å². The zero-order valence-electron chi connectivity index (χ0n) is 16.7. The molecule has 0 saturated heterocycles. The number of hydrogen-bond donors (Lipinski definition) is 1. The van der Waals surface area contributed by atoms with Gasteiger partial charge in [-0.15, -0.1) is 0 Å². The summed E-state index contributed by atoms with van der Waals surface area (Å²) in [6.45, 7) is 2.02. The van der Waals surface area contributed by atoms with Crippen molar-refractivity contribution in [2.45, 2.75) is 25.0 Å². The lowest BCUT2D eigenvalue weighted by Crippen LogP contribution is -2.52. The molecule has 28 heavy (non-hydrogen) atoms. The molecule has 0 bridgehead atoms. The first-order valence-corrected chi connectivity index (χ1v) is 9.24. The second kappa shape index (κ2) is 8.02. The summed E-state index contributed by atoms with van der Waals surface area (Å²) in [5, 5.41) is 2.96. The first-order chi connectivity index (χ1) is 13.4. The fourth-order valence-electron chi connectivity index (χ4n) is 3.55. The van der Waals surface area contributed by atoms with E-state index in [1.807, 2.05) is 55.4 Å². The second-order valence-corrected chi connectivity index (χ2v) is 7.39. The zero-order chi connectivity index (χ0) is 20.3. The summed E-state index contributed by atoms with van der Waals surface area (Å²) in [7, 11) is 5.52. The van der Waals surface area contributed by atoms with Gasteiger partial charge in [-0.25, -0.2) is 4.79 Å². The average molecular weight is 382 g/mol. The van der Waals surface area contributed by atoms with Crippen LogP contribution in [0, 0.1) is 0 Å². The molecule has 3 rings (SSSR count). The van der Waals surface area contributed by atoms with Crippen LogP contribution in [0.25, 0.3) is 0 Å². The van der Waals surface area contributed by atoms with E-state index in [1.54, 1.807) is 26.2 Å². The molecule has 2 aromatic carbocycles. The maximum Gasteiger partial charge on any atom is 0.339 e. The Balaban J connectivity index is 1.76. The maximum atomic E-state index is 12.9. The molecule has 2 aromatic rings. The summed E-state index contributed by atoms with van der Waals surface area (Å²) in [6.07, 6.45) is 0.349. The second-order valence-electron chi connectivity index (χ2n) is 7.39. The third kappa shape index (κ3) is 3.87. The Morgan fingerprint density at radius 1 is 1.21 bits per heavy atom. The quantitative estimate of drug-likeness (QED) is 0.778. The molecule has 1 heterocycles. The number of rotatable bonds is 6. The Kier molecular flexibility index (Phi) is 5.70. The highest BCUT2D eigenvalue weighted by molar-refractivity contribution is 5.97. The van der Waals surface area contributed by atoms with Crippen LogP contribution in [0.1, 0.15) is 34.5 Å². The number of benzene rings is 2. The maximum absolute atomic E-state index is 12.9. The molecular formula is C22H26N2O4. The molecule has 0 fully saturated rings. The van der Waals surface area contributed by atoms with Gasteiger partial charge in [0.25, 0.3) is 5.91 Å². The summed E-state index contributed by atoms with van der Waals surface area (Å²) >= 11 is 0. The van der Waals surface area contributed by atoms with Gasteiger partial charge in [0, 0.05) is 18.5 Å². The molecule has 1 amide bonds. The fraction of sp³-hybridized carbons (Fsp3) is 0.364. The molecule has 1 N–H and O–H groups in total. The average Bonchev–Trinajstić information content (AvgIpc) is 2.68. The highest BCUT2D eigenvalue weighted by atomic mass is 16.6. The lowest BCUT2D eigenvalue weighted by molar-refractivity contribution is -0.140. The van der Waals surface area contributed by atoms with Gasteiger partial charge in [0.2, 0.25) is 0 Å².